The maximum atomic E-state index is 13.4. The van der Waals surface area contributed by atoms with Crippen LogP contribution in [0, 0.1) is 5.82 Å². The highest BCUT2D eigenvalue weighted by Crippen LogP contribution is 2.47. The summed E-state index contributed by atoms with van der Waals surface area (Å²) in [4.78, 5) is 0. The number of fused-ring (bicyclic) bond motifs is 3. The maximum absolute atomic E-state index is 13.4. The minimum atomic E-state index is -0.364. The summed E-state index contributed by atoms with van der Waals surface area (Å²) in [6.07, 6.45) is 0.457. The van der Waals surface area contributed by atoms with Gasteiger partial charge in [0.2, 0.25) is 6.23 Å². The number of hydrogen-bond donors (Lipinski definition) is 0. The molecule has 0 aliphatic carbocycles. The van der Waals surface area contributed by atoms with E-state index in [4.69, 9.17) is 9.84 Å². The van der Waals surface area contributed by atoms with E-state index in [1.165, 1.54) is 12.1 Å². The number of hydrazone groups is 1. The lowest BCUT2D eigenvalue weighted by Gasteiger charge is -2.38. The third-order valence-corrected chi connectivity index (χ3v) is 4.96. The minimum Gasteiger partial charge on any atom is -0.464 e. The average Bonchev–Trinajstić information content (AvgIpc) is 3.14. The molecule has 3 nitrogen and oxygen atoms in total. The number of ether oxygens (including phenoxy) is 1. The first-order valence-corrected chi connectivity index (χ1v) is 8.72. The maximum Gasteiger partial charge on any atom is 0.213 e. The molecule has 0 radical (unpaired) electrons. The highest BCUT2D eigenvalue weighted by atomic mass is 19.1. The van der Waals surface area contributed by atoms with Crippen LogP contribution in [0.4, 0.5) is 4.39 Å². The summed E-state index contributed by atoms with van der Waals surface area (Å²) in [7, 11) is 0. The van der Waals surface area contributed by atoms with Gasteiger partial charge < -0.3 is 4.74 Å². The number of rotatable bonds is 2. The van der Waals surface area contributed by atoms with Gasteiger partial charge in [-0.05, 0) is 23.8 Å². The van der Waals surface area contributed by atoms with Gasteiger partial charge in [0, 0.05) is 17.5 Å². The van der Waals surface area contributed by atoms with Crippen molar-refractivity contribution >= 4 is 5.71 Å². The van der Waals surface area contributed by atoms with Crippen LogP contribution in [0.3, 0.4) is 0 Å². The van der Waals surface area contributed by atoms with E-state index in [9.17, 15) is 4.39 Å². The third-order valence-electron chi connectivity index (χ3n) is 4.96. The van der Waals surface area contributed by atoms with E-state index < -0.39 is 0 Å². The van der Waals surface area contributed by atoms with Crippen LogP contribution in [0.5, 0.6) is 5.75 Å². The van der Waals surface area contributed by atoms with Gasteiger partial charge in [0.1, 0.15) is 11.6 Å². The molecule has 2 aliphatic heterocycles. The highest BCUT2D eigenvalue weighted by molar-refractivity contribution is 6.01. The second-order valence-corrected chi connectivity index (χ2v) is 6.57. The quantitative estimate of drug-likeness (QED) is 0.648. The zero-order valence-corrected chi connectivity index (χ0v) is 14.0. The first-order valence-electron chi connectivity index (χ1n) is 8.72. The molecule has 2 aliphatic rings. The van der Waals surface area contributed by atoms with Gasteiger partial charge in [0.05, 0.1) is 11.8 Å². The Morgan fingerprint density at radius 3 is 2.42 bits per heavy atom. The van der Waals surface area contributed by atoms with Gasteiger partial charge in [0.25, 0.3) is 0 Å². The Balaban J connectivity index is 1.60. The van der Waals surface area contributed by atoms with E-state index in [2.05, 4.69) is 18.2 Å². The van der Waals surface area contributed by atoms with Crippen LogP contribution in [0.25, 0.3) is 0 Å². The van der Waals surface area contributed by atoms with Gasteiger partial charge in [-0.3, -0.25) is 0 Å². The van der Waals surface area contributed by atoms with Crippen molar-refractivity contribution in [2.75, 3.05) is 0 Å². The molecular formula is C22H17FN2O. The molecule has 128 valence electrons. The van der Waals surface area contributed by atoms with Gasteiger partial charge >= 0.3 is 0 Å². The largest absolute Gasteiger partial charge is 0.464 e. The van der Waals surface area contributed by atoms with E-state index >= 15 is 0 Å². The van der Waals surface area contributed by atoms with E-state index in [1.54, 1.807) is 12.1 Å². The van der Waals surface area contributed by atoms with Crippen molar-refractivity contribution in [2.45, 2.75) is 18.7 Å². The van der Waals surface area contributed by atoms with Gasteiger partial charge in [-0.1, -0.05) is 60.7 Å². The molecule has 2 atom stereocenters. The van der Waals surface area contributed by atoms with E-state index in [1.807, 2.05) is 41.4 Å². The minimum absolute atomic E-state index is 0.116. The molecule has 0 aromatic heterocycles. The molecular weight excluding hydrogens is 327 g/mol. The fraction of sp³-hybridized carbons (Fsp3) is 0.136. The normalized spacial score (nSPS) is 20.8. The second-order valence-electron chi connectivity index (χ2n) is 6.57. The number of nitrogens with zero attached hydrogens (tertiary/aromatic N) is 2. The van der Waals surface area contributed by atoms with Crippen molar-refractivity contribution < 1.29 is 9.13 Å². The van der Waals surface area contributed by atoms with Gasteiger partial charge in [-0.2, -0.15) is 5.10 Å². The van der Waals surface area contributed by atoms with E-state index in [-0.39, 0.29) is 18.1 Å². The first kappa shape index (κ1) is 15.1. The first-order chi connectivity index (χ1) is 12.8. The predicted molar refractivity (Wildman–Crippen MR) is 98.4 cm³/mol. The highest BCUT2D eigenvalue weighted by Gasteiger charge is 2.40. The summed E-state index contributed by atoms with van der Waals surface area (Å²) in [5, 5.41) is 6.90. The smallest absolute Gasteiger partial charge is 0.213 e. The molecule has 4 heteroatoms. The summed E-state index contributed by atoms with van der Waals surface area (Å²) in [5.74, 6) is 0.615. The van der Waals surface area contributed by atoms with Crippen molar-refractivity contribution in [2.24, 2.45) is 5.10 Å². The number of benzene rings is 3. The van der Waals surface area contributed by atoms with Crippen molar-refractivity contribution in [1.82, 2.24) is 5.01 Å². The SMILES string of the molecule is Fc1ccc([C@H]2Oc3ccccc3[C@H]3CC(c4ccccc4)=NN32)cc1. The van der Waals surface area contributed by atoms with Crippen molar-refractivity contribution in [3.05, 3.63) is 101 Å². The van der Waals surface area contributed by atoms with E-state index in [0.29, 0.717) is 0 Å². The molecule has 0 spiro atoms. The van der Waals surface area contributed by atoms with Crippen LogP contribution in [0.1, 0.15) is 35.4 Å². The lowest BCUT2D eigenvalue weighted by atomic mass is 9.96. The Labute approximate surface area is 151 Å². The Morgan fingerprint density at radius 2 is 1.62 bits per heavy atom. The summed E-state index contributed by atoms with van der Waals surface area (Å²) in [6, 6.07) is 24.9. The summed E-state index contributed by atoms with van der Waals surface area (Å²) in [6.45, 7) is 0. The van der Waals surface area contributed by atoms with Crippen LogP contribution in [-0.4, -0.2) is 10.7 Å². The van der Waals surface area contributed by atoms with Gasteiger partial charge in [-0.25, -0.2) is 9.40 Å². The number of halogens is 1. The van der Waals surface area contributed by atoms with Crippen molar-refractivity contribution in [3.63, 3.8) is 0 Å². The van der Waals surface area contributed by atoms with Gasteiger partial charge in [0.15, 0.2) is 0 Å². The van der Waals surface area contributed by atoms with Crippen LogP contribution < -0.4 is 4.74 Å². The molecule has 0 fully saturated rings. The standard InChI is InChI=1S/C22H17FN2O/c23-17-12-10-16(11-13-17)22-25-20(18-8-4-5-9-21(18)26-22)14-19(24-25)15-6-2-1-3-7-15/h1-13,20,22H,14H2/t20-,22-/m1/s1. The molecule has 2 heterocycles. The fourth-order valence-electron chi connectivity index (χ4n) is 3.69. The molecule has 0 saturated carbocycles. The summed E-state index contributed by atoms with van der Waals surface area (Å²) in [5.41, 5.74) is 4.20. The van der Waals surface area contributed by atoms with Crippen molar-refractivity contribution in [1.29, 1.82) is 0 Å². The van der Waals surface area contributed by atoms with Crippen LogP contribution in [0.15, 0.2) is 84.0 Å². The predicted octanol–water partition coefficient (Wildman–Crippen LogP) is 5.07. The van der Waals surface area contributed by atoms with Crippen LogP contribution >= 0.6 is 0 Å². The number of hydrogen-bond acceptors (Lipinski definition) is 3. The van der Waals surface area contributed by atoms with Crippen molar-refractivity contribution in [3.8, 4) is 5.75 Å². The molecule has 3 aromatic rings. The lowest BCUT2D eigenvalue weighted by Crippen LogP contribution is -2.33. The van der Waals surface area contributed by atoms with E-state index in [0.717, 1.165) is 34.6 Å². The molecule has 0 bridgehead atoms. The molecule has 0 amide bonds. The molecule has 0 N–H and O–H groups in total. The van der Waals surface area contributed by atoms with Crippen LogP contribution in [-0.2, 0) is 0 Å². The van der Waals surface area contributed by atoms with Gasteiger partial charge in [-0.15, -0.1) is 0 Å². The average molecular weight is 344 g/mol. The number of para-hydroxylation sites is 1. The molecule has 0 saturated heterocycles. The molecule has 0 unspecified atom stereocenters. The Hall–Kier alpha value is -3.14. The zero-order chi connectivity index (χ0) is 17.5. The zero-order valence-electron chi connectivity index (χ0n) is 14.0. The third kappa shape index (κ3) is 2.46. The fourth-order valence-corrected chi connectivity index (χ4v) is 3.69. The Morgan fingerprint density at radius 1 is 0.885 bits per heavy atom. The monoisotopic (exact) mass is 344 g/mol. The Bertz CT molecular complexity index is 969. The molecule has 26 heavy (non-hydrogen) atoms. The lowest BCUT2D eigenvalue weighted by molar-refractivity contribution is -0.0190. The topological polar surface area (TPSA) is 24.8 Å². The molecule has 3 aromatic carbocycles. The second kappa shape index (κ2) is 5.99. The van der Waals surface area contributed by atoms with Crippen LogP contribution in [0.2, 0.25) is 0 Å². The Kier molecular flexibility index (Phi) is 3.49. The summed E-state index contributed by atoms with van der Waals surface area (Å²) < 4.78 is 19.6. The summed E-state index contributed by atoms with van der Waals surface area (Å²) >= 11 is 0. The molecule has 5 rings (SSSR count).